The highest BCUT2D eigenvalue weighted by atomic mass is 32.2. The first kappa shape index (κ1) is 23.4. The fourth-order valence-electron chi connectivity index (χ4n) is 4.04. The third-order valence-electron chi connectivity index (χ3n) is 5.93. The highest BCUT2D eigenvalue weighted by Gasteiger charge is 2.28. The van der Waals surface area contributed by atoms with Crippen molar-refractivity contribution in [2.75, 3.05) is 25.1 Å². The molecule has 0 aliphatic carbocycles. The summed E-state index contributed by atoms with van der Waals surface area (Å²) in [5.41, 5.74) is 1.97. The van der Waals surface area contributed by atoms with Gasteiger partial charge in [0.25, 0.3) is 5.91 Å². The molecule has 0 N–H and O–H groups in total. The van der Waals surface area contributed by atoms with E-state index in [0.717, 1.165) is 28.6 Å². The number of amides is 1. The van der Waals surface area contributed by atoms with Crippen LogP contribution in [0.5, 0.6) is 5.75 Å². The Morgan fingerprint density at radius 3 is 2.57 bits per heavy atom. The molecule has 1 aliphatic rings. The number of methoxy groups -OCH3 is 1. The van der Waals surface area contributed by atoms with Gasteiger partial charge in [-0.1, -0.05) is 17.4 Å². The molecule has 0 radical (unpaired) electrons. The van der Waals surface area contributed by atoms with Crippen LogP contribution in [0.1, 0.15) is 28.8 Å². The Morgan fingerprint density at radius 2 is 1.89 bits per heavy atom. The lowest BCUT2D eigenvalue weighted by molar-refractivity contribution is 0.0985. The van der Waals surface area contributed by atoms with Crippen molar-refractivity contribution >= 4 is 42.6 Å². The van der Waals surface area contributed by atoms with Crippen LogP contribution in [0.2, 0.25) is 0 Å². The number of nitrogens with zero attached hydrogens (tertiary/aromatic N) is 4. The fourth-order valence-corrected chi connectivity index (χ4v) is 6.50. The smallest absolute Gasteiger partial charge is 0.260 e. The SMILES string of the molecule is COc1ccc2sc(N(Cc3cccnc3)C(=O)c3ccc(S(=O)(=O)N4CCCC4)cc3)nc2c1. The van der Waals surface area contributed by atoms with Gasteiger partial charge in [0, 0.05) is 37.1 Å². The van der Waals surface area contributed by atoms with Gasteiger partial charge in [0.1, 0.15) is 5.75 Å². The molecule has 1 aliphatic heterocycles. The number of aromatic nitrogens is 2. The van der Waals surface area contributed by atoms with E-state index >= 15 is 0 Å². The number of ether oxygens (including phenoxy) is 1. The normalized spacial score (nSPS) is 14.3. The van der Waals surface area contributed by atoms with Crippen molar-refractivity contribution in [3.8, 4) is 5.75 Å². The van der Waals surface area contributed by atoms with E-state index in [1.54, 1.807) is 36.5 Å². The van der Waals surface area contributed by atoms with Crippen LogP contribution in [-0.2, 0) is 16.6 Å². The van der Waals surface area contributed by atoms with Crippen LogP contribution in [0.3, 0.4) is 0 Å². The minimum atomic E-state index is -3.55. The van der Waals surface area contributed by atoms with Crippen molar-refractivity contribution in [2.45, 2.75) is 24.3 Å². The van der Waals surface area contributed by atoms with Gasteiger partial charge in [0.15, 0.2) is 5.13 Å². The molecule has 4 aromatic rings. The first-order chi connectivity index (χ1) is 17.0. The molecule has 0 atom stereocenters. The molecule has 5 rings (SSSR count). The van der Waals surface area contributed by atoms with E-state index in [1.807, 2.05) is 30.3 Å². The van der Waals surface area contributed by atoms with E-state index in [1.165, 1.54) is 27.8 Å². The van der Waals surface area contributed by atoms with E-state index in [-0.39, 0.29) is 17.3 Å². The van der Waals surface area contributed by atoms with Gasteiger partial charge < -0.3 is 4.74 Å². The Morgan fingerprint density at radius 1 is 1.11 bits per heavy atom. The Labute approximate surface area is 207 Å². The molecule has 1 amide bonds. The van der Waals surface area contributed by atoms with E-state index in [9.17, 15) is 13.2 Å². The van der Waals surface area contributed by atoms with Crippen LogP contribution in [0.25, 0.3) is 10.2 Å². The summed E-state index contributed by atoms with van der Waals surface area (Å²) in [6.45, 7) is 1.34. The minimum absolute atomic E-state index is 0.196. The van der Waals surface area contributed by atoms with Gasteiger partial charge in [-0.05, 0) is 60.9 Å². The lowest BCUT2D eigenvalue weighted by Gasteiger charge is -2.20. The van der Waals surface area contributed by atoms with Gasteiger partial charge in [-0.25, -0.2) is 13.4 Å². The number of benzene rings is 2. The number of hydrogen-bond acceptors (Lipinski definition) is 7. The molecule has 0 saturated carbocycles. The molecule has 0 bridgehead atoms. The molecule has 1 fully saturated rings. The standard InChI is InChI=1S/C25H24N4O4S2/c1-33-20-8-11-23-22(15-20)27-25(34-23)29(17-18-5-4-12-26-16-18)24(30)19-6-9-21(10-7-19)35(31,32)28-13-2-3-14-28/h4-12,15-16H,2-3,13-14,17H2,1H3. The summed E-state index contributed by atoms with van der Waals surface area (Å²) in [6.07, 6.45) is 5.13. The number of fused-ring (bicyclic) bond motifs is 1. The minimum Gasteiger partial charge on any atom is -0.497 e. The summed E-state index contributed by atoms with van der Waals surface area (Å²) >= 11 is 1.41. The largest absolute Gasteiger partial charge is 0.497 e. The predicted octanol–water partition coefficient (Wildman–Crippen LogP) is 4.33. The maximum Gasteiger partial charge on any atom is 0.260 e. The number of sulfonamides is 1. The Hall–Kier alpha value is -3.34. The molecule has 2 aromatic carbocycles. The van der Waals surface area contributed by atoms with Crippen molar-refractivity contribution in [1.82, 2.24) is 14.3 Å². The number of carbonyl (C=O) groups excluding carboxylic acids is 1. The molecule has 1 saturated heterocycles. The van der Waals surface area contributed by atoms with E-state index in [0.29, 0.717) is 29.5 Å². The maximum atomic E-state index is 13.7. The summed E-state index contributed by atoms with van der Waals surface area (Å²) in [5.74, 6) is 0.416. The van der Waals surface area contributed by atoms with Crippen LogP contribution in [0.15, 0.2) is 71.9 Å². The monoisotopic (exact) mass is 508 g/mol. The summed E-state index contributed by atoms with van der Waals surface area (Å²) in [4.78, 5) is 24.3. The molecule has 0 unspecified atom stereocenters. The molecular formula is C25H24N4O4S2. The second kappa shape index (κ2) is 9.73. The molecular weight excluding hydrogens is 484 g/mol. The van der Waals surface area contributed by atoms with E-state index < -0.39 is 10.0 Å². The lowest BCUT2D eigenvalue weighted by atomic mass is 10.2. The third kappa shape index (κ3) is 4.77. The Kier molecular flexibility index (Phi) is 6.50. The van der Waals surface area contributed by atoms with E-state index in [4.69, 9.17) is 9.72 Å². The quantitative estimate of drug-likeness (QED) is 0.369. The van der Waals surface area contributed by atoms with Crippen LogP contribution in [0, 0.1) is 0 Å². The summed E-state index contributed by atoms with van der Waals surface area (Å²) < 4.78 is 33.5. The first-order valence-electron chi connectivity index (χ1n) is 11.2. The van der Waals surface area contributed by atoms with Gasteiger partial charge in [-0.2, -0.15) is 4.31 Å². The Balaban J connectivity index is 1.48. The van der Waals surface area contributed by atoms with Crippen LogP contribution in [0.4, 0.5) is 5.13 Å². The zero-order valence-electron chi connectivity index (χ0n) is 19.1. The molecule has 35 heavy (non-hydrogen) atoms. The third-order valence-corrected chi connectivity index (χ3v) is 8.90. The average Bonchev–Trinajstić information content (AvgIpc) is 3.58. The van der Waals surface area contributed by atoms with Crippen LogP contribution in [-0.4, -0.2) is 48.8 Å². The van der Waals surface area contributed by atoms with Gasteiger partial charge in [0.2, 0.25) is 10.0 Å². The predicted molar refractivity (Wildman–Crippen MR) is 135 cm³/mol. The lowest BCUT2D eigenvalue weighted by Crippen LogP contribution is -2.30. The second-order valence-electron chi connectivity index (χ2n) is 8.22. The number of hydrogen-bond donors (Lipinski definition) is 0. The summed E-state index contributed by atoms with van der Waals surface area (Å²) in [7, 11) is -1.95. The Bertz CT molecular complexity index is 1450. The number of anilines is 1. The van der Waals surface area contributed by atoms with Crippen molar-refractivity contribution in [1.29, 1.82) is 0 Å². The molecule has 180 valence electrons. The van der Waals surface area contributed by atoms with Crippen molar-refractivity contribution in [2.24, 2.45) is 0 Å². The van der Waals surface area contributed by atoms with Crippen molar-refractivity contribution in [3.05, 3.63) is 78.1 Å². The fraction of sp³-hybridized carbons (Fsp3) is 0.240. The molecule has 3 heterocycles. The summed E-state index contributed by atoms with van der Waals surface area (Å²) in [6, 6.07) is 15.5. The molecule has 0 spiro atoms. The highest BCUT2D eigenvalue weighted by Crippen LogP contribution is 2.33. The number of thiazole rings is 1. The van der Waals surface area contributed by atoms with Gasteiger partial charge >= 0.3 is 0 Å². The first-order valence-corrected chi connectivity index (χ1v) is 13.5. The topological polar surface area (TPSA) is 92.7 Å². The highest BCUT2D eigenvalue weighted by molar-refractivity contribution is 7.89. The number of carbonyl (C=O) groups is 1. The maximum absolute atomic E-state index is 13.7. The zero-order valence-corrected chi connectivity index (χ0v) is 20.8. The van der Waals surface area contributed by atoms with Gasteiger partial charge in [-0.3, -0.25) is 14.7 Å². The number of rotatable bonds is 7. The van der Waals surface area contributed by atoms with Crippen LogP contribution < -0.4 is 9.64 Å². The molecule has 8 nitrogen and oxygen atoms in total. The molecule has 2 aromatic heterocycles. The summed E-state index contributed by atoms with van der Waals surface area (Å²) in [5, 5.41) is 0.538. The average molecular weight is 509 g/mol. The van der Waals surface area contributed by atoms with Crippen LogP contribution >= 0.6 is 11.3 Å². The zero-order chi connectivity index (χ0) is 24.4. The van der Waals surface area contributed by atoms with E-state index in [2.05, 4.69) is 4.98 Å². The number of pyridine rings is 1. The second-order valence-corrected chi connectivity index (χ2v) is 11.2. The van der Waals surface area contributed by atoms with Crippen molar-refractivity contribution in [3.63, 3.8) is 0 Å². The van der Waals surface area contributed by atoms with Gasteiger partial charge in [-0.15, -0.1) is 0 Å². The van der Waals surface area contributed by atoms with Crippen molar-refractivity contribution < 1.29 is 17.9 Å². The van der Waals surface area contributed by atoms with Gasteiger partial charge in [0.05, 0.1) is 28.8 Å². The molecule has 10 heteroatoms.